The second-order valence-electron chi connectivity index (χ2n) is 6.22. The summed E-state index contributed by atoms with van der Waals surface area (Å²) in [6.45, 7) is 0. The first-order valence-corrected chi connectivity index (χ1v) is 10.1. The molecule has 3 rings (SSSR count). The monoisotopic (exact) mass is 401 g/mol. The number of benzene rings is 1. The molecular formula is C18H15N3O6S. The number of rotatable bonds is 5. The Morgan fingerprint density at radius 1 is 1.32 bits per heavy atom. The number of nitriles is 1. The molecule has 1 aromatic heterocycles. The number of sulfone groups is 1. The maximum atomic E-state index is 12.2. The fourth-order valence-corrected chi connectivity index (χ4v) is 4.55. The van der Waals surface area contributed by atoms with Crippen molar-refractivity contribution in [2.24, 2.45) is 0 Å². The van der Waals surface area contributed by atoms with Gasteiger partial charge in [-0.3, -0.25) is 14.9 Å². The average Bonchev–Trinajstić information content (AvgIpc) is 3.25. The minimum absolute atomic E-state index is 0.000940. The van der Waals surface area contributed by atoms with Crippen LogP contribution in [0.15, 0.2) is 46.4 Å². The topological polar surface area (TPSA) is 143 Å². The molecule has 1 atom stereocenters. The molecule has 0 aliphatic carbocycles. The number of hydrogen-bond donors (Lipinski definition) is 1. The van der Waals surface area contributed by atoms with Crippen molar-refractivity contribution in [2.75, 3.05) is 11.5 Å². The number of carbonyl (C=O) groups excluding carboxylic acids is 1. The highest BCUT2D eigenvalue weighted by Crippen LogP contribution is 2.31. The lowest BCUT2D eigenvalue weighted by Crippen LogP contribution is -2.36. The van der Waals surface area contributed by atoms with Gasteiger partial charge in [0.05, 0.1) is 22.0 Å². The average molecular weight is 401 g/mol. The van der Waals surface area contributed by atoms with Crippen molar-refractivity contribution >= 4 is 27.5 Å². The van der Waals surface area contributed by atoms with E-state index in [0.29, 0.717) is 6.42 Å². The lowest BCUT2D eigenvalue weighted by atomic mass is 10.1. The summed E-state index contributed by atoms with van der Waals surface area (Å²) in [5, 5.41) is 22.9. The first-order valence-electron chi connectivity index (χ1n) is 8.26. The minimum atomic E-state index is -3.16. The van der Waals surface area contributed by atoms with Gasteiger partial charge in [0, 0.05) is 18.2 Å². The summed E-state index contributed by atoms with van der Waals surface area (Å²) < 4.78 is 28.5. The maximum absolute atomic E-state index is 12.2. The van der Waals surface area contributed by atoms with Crippen LogP contribution in [0.5, 0.6) is 0 Å². The zero-order chi connectivity index (χ0) is 20.3. The standard InChI is InChI=1S/C18H15N3O6S/c19-10-12(18(22)20-13-7-8-28(25,26)11-13)9-14-5-6-17(27-14)15-3-1-2-4-16(15)21(23)24/h1-6,9,13H,7-8,11H2,(H,20,22)/b12-9+/t13-/m1/s1. The van der Waals surface area contributed by atoms with Crippen LogP contribution in [-0.4, -0.2) is 36.8 Å². The van der Waals surface area contributed by atoms with Gasteiger partial charge in [-0.15, -0.1) is 0 Å². The predicted octanol–water partition coefficient (Wildman–Crippen LogP) is 2.07. The summed E-state index contributed by atoms with van der Waals surface area (Å²) in [6.07, 6.45) is 1.51. The Morgan fingerprint density at radius 2 is 2.07 bits per heavy atom. The van der Waals surface area contributed by atoms with Crippen LogP contribution in [0.4, 0.5) is 5.69 Å². The van der Waals surface area contributed by atoms with Gasteiger partial charge >= 0.3 is 0 Å². The lowest BCUT2D eigenvalue weighted by Gasteiger charge is -2.09. The summed E-state index contributed by atoms with van der Waals surface area (Å²) in [6, 6.07) is 10.2. The van der Waals surface area contributed by atoms with Gasteiger partial charge in [-0.1, -0.05) is 12.1 Å². The normalized spacial score (nSPS) is 18.4. The largest absolute Gasteiger partial charge is 0.456 e. The van der Waals surface area contributed by atoms with Crippen molar-refractivity contribution < 1.29 is 22.6 Å². The van der Waals surface area contributed by atoms with Gasteiger partial charge in [-0.25, -0.2) is 8.42 Å². The molecule has 10 heteroatoms. The van der Waals surface area contributed by atoms with E-state index in [2.05, 4.69) is 5.32 Å². The number of amides is 1. The Hall–Kier alpha value is -3.45. The summed E-state index contributed by atoms with van der Waals surface area (Å²) in [7, 11) is -3.16. The third kappa shape index (κ3) is 4.27. The molecule has 0 saturated carbocycles. The highest BCUT2D eigenvalue weighted by molar-refractivity contribution is 7.91. The van der Waals surface area contributed by atoms with E-state index in [1.54, 1.807) is 12.1 Å². The first-order chi connectivity index (χ1) is 13.3. The third-order valence-electron chi connectivity index (χ3n) is 4.21. The smallest absolute Gasteiger partial charge is 0.280 e. The van der Waals surface area contributed by atoms with E-state index in [4.69, 9.17) is 4.42 Å². The molecule has 0 bridgehead atoms. The van der Waals surface area contributed by atoms with Gasteiger partial charge in [0.2, 0.25) is 0 Å². The van der Waals surface area contributed by atoms with Gasteiger partial charge < -0.3 is 9.73 Å². The fourth-order valence-electron chi connectivity index (χ4n) is 2.88. The minimum Gasteiger partial charge on any atom is -0.456 e. The molecular weight excluding hydrogens is 386 g/mol. The number of para-hydroxylation sites is 1. The van der Waals surface area contributed by atoms with Crippen LogP contribution in [0, 0.1) is 21.4 Å². The highest BCUT2D eigenvalue weighted by Gasteiger charge is 2.29. The molecule has 1 fully saturated rings. The van der Waals surface area contributed by atoms with E-state index in [9.17, 15) is 28.6 Å². The van der Waals surface area contributed by atoms with Gasteiger partial charge in [0.1, 0.15) is 23.2 Å². The molecule has 9 nitrogen and oxygen atoms in total. The number of furan rings is 1. The first kappa shape index (κ1) is 19.3. The molecule has 1 N–H and O–H groups in total. The summed E-state index contributed by atoms with van der Waals surface area (Å²) in [5.74, 6) is -0.466. The number of nitrogens with zero attached hydrogens (tertiary/aromatic N) is 2. The van der Waals surface area contributed by atoms with Crippen LogP contribution in [-0.2, 0) is 14.6 Å². The predicted molar refractivity (Wildman–Crippen MR) is 99.6 cm³/mol. The summed E-state index contributed by atoms with van der Waals surface area (Å²) >= 11 is 0. The van der Waals surface area contributed by atoms with Crippen LogP contribution >= 0.6 is 0 Å². The second-order valence-corrected chi connectivity index (χ2v) is 8.45. The van der Waals surface area contributed by atoms with Crippen molar-refractivity contribution in [2.45, 2.75) is 12.5 Å². The second kappa shape index (κ2) is 7.66. The Bertz CT molecular complexity index is 1110. The van der Waals surface area contributed by atoms with E-state index < -0.39 is 26.7 Å². The van der Waals surface area contributed by atoms with Crippen LogP contribution in [0.2, 0.25) is 0 Å². The molecule has 144 valence electrons. The van der Waals surface area contributed by atoms with Crippen molar-refractivity contribution in [3.05, 3.63) is 57.8 Å². The molecule has 2 heterocycles. The zero-order valence-electron chi connectivity index (χ0n) is 14.5. The molecule has 2 aromatic rings. The van der Waals surface area contributed by atoms with Gasteiger partial charge in [0.15, 0.2) is 9.84 Å². The molecule has 1 aliphatic rings. The molecule has 0 unspecified atom stereocenters. The molecule has 1 aliphatic heterocycles. The van der Waals surface area contributed by atoms with Gasteiger partial charge in [-0.2, -0.15) is 5.26 Å². The highest BCUT2D eigenvalue weighted by atomic mass is 32.2. The van der Waals surface area contributed by atoms with Crippen LogP contribution in [0.3, 0.4) is 0 Å². The van der Waals surface area contributed by atoms with E-state index in [1.165, 1.54) is 36.4 Å². The number of nitro benzene ring substituents is 1. The van der Waals surface area contributed by atoms with Crippen molar-refractivity contribution in [3.8, 4) is 17.4 Å². The van der Waals surface area contributed by atoms with Crippen LogP contribution < -0.4 is 5.32 Å². The Labute approximate surface area is 160 Å². The van der Waals surface area contributed by atoms with Crippen LogP contribution in [0.25, 0.3) is 17.4 Å². The van der Waals surface area contributed by atoms with Crippen molar-refractivity contribution in [1.29, 1.82) is 5.26 Å². The molecule has 1 amide bonds. The van der Waals surface area contributed by atoms with E-state index >= 15 is 0 Å². The quantitative estimate of drug-likeness (QED) is 0.349. The summed E-state index contributed by atoms with van der Waals surface area (Å²) in [5.41, 5.74) is -0.118. The van der Waals surface area contributed by atoms with Gasteiger partial charge in [-0.05, 0) is 24.6 Å². The Kier molecular flexibility index (Phi) is 5.28. The van der Waals surface area contributed by atoms with Crippen molar-refractivity contribution in [1.82, 2.24) is 5.32 Å². The summed E-state index contributed by atoms with van der Waals surface area (Å²) in [4.78, 5) is 22.8. The van der Waals surface area contributed by atoms with Crippen molar-refractivity contribution in [3.63, 3.8) is 0 Å². The van der Waals surface area contributed by atoms with Gasteiger partial charge in [0.25, 0.3) is 11.6 Å². The number of nitrogens with one attached hydrogen (secondary N) is 1. The zero-order valence-corrected chi connectivity index (χ0v) is 15.3. The molecule has 0 radical (unpaired) electrons. The molecule has 28 heavy (non-hydrogen) atoms. The fraction of sp³-hybridized carbons (Fsp3) is 0.222. The SMILES string of the molecule is N#C/C(=C\c1ccc(-c2ccccc2[N+](=O)[O-])o1)C(=O)N[C@@H]1CCS(=O)(=O)C1. The van der Waals surface area contributed by atoms with E-state index in [-0.39, 0.29) is 39.9 Å². The van der Waals surface area contributed by atoms with Crippen LogP contribution in [0.1, 0.15) is 12.2 Å². The molecule has 0 spiro atoms. The van der Waals surface area contributed by atoms with E-state index in [1.807, 2.05) is 0 Å². The lowest BCUT2D eigenvalue weighted by molar-refractivity contribution is -0.384. The Balaban J connectivity index is 1.80. The number of hydrogen-bond acceptors (Lipinski definition) is 7. The maximum Gasteiger partial charge on any atom is 0.280 e. The van der Waals surface area contributed by atoms with E-state index in [0.717, 1.165) is 0 Å². The third-order valence-corrected chi connectivity index (χ3v) is 5.98. The Morgan fingerprint density at radius 3 is 2.71 bits per heavy atom. The molecule has 1 aromatic carbocycles. The number of carbonyl (C=O) groups is 1. The number of nitro groups is 1. The molecule has 1 saturated heterocycles.